The Bertz CT molecular complexity index is 125. The van der Waals surface area contributed by atoms with Gasteiger partial charge in [-0.05, 0) is 19.9 Å². The molecule has 0 aliphatic heterocycles. The average Bonchev–Trinajstić information content (AvgIpc) is 2.03. The van der Waals surface area contributed by atoms with Crippen LogP contribution in [0.5, 0.6) is 0 Å². The molecule has 0 rings (SSSR count). The SMILES string of the molecule is CCCN(CCO)C(C)C#N. The van der Waals surface area contributed by atoms with Gasteiger partial charge in [-0.15, -0.1) is 0 Å². The molecule has 1 N–H and O–H groups in total. The first kappa shape index (κ1) is 10.4. The predicted molar refractivity (Wildman–Crippen MR) is 44.0 cm³/mol. The van der Waals surface area contributed by atoms with Crippen LogP contribution in [0.2, 0.25) is 0 Å². The molecule has 11 heavy (non-hydrogen) atoms. The Hall–Kier alpha value is -0.590. The number of nitriles is 1. The van der Waals surface area contributed by atoms with Crippen LogP contribution in [0.25, 0.3) is 0 Å². The third-order valence-electron chi connectivity index (χ3n) is 1.63. The van der Waals surface area contributed by atoms with Gasteiger partial charge in [0.05, 0.1) is 18.7 Å². The molecule has 0 bridgehead atoms. The molecule has 3 heteroatoms. The molecule has 0 aliphatic rings. The monoisotopic (exact) mass is 156 g/mol. The van der Waals surface area contributed by atoms with Crippen molar-refractivity contribution in [1.82, 2.24) is 4.90 Å². The summed E-state index contributed by atoms with van der Waals surface area (Å²) < 4.78 is 0. The van der Waals surface area contributed by atoms with E-state index < -0.39 is 0 Å². The van der Waals surface area contributed by atoms with Gasteiger partial charge in [0, 0.05) is 6.54 Å². The Kier molecular flexibility index (Phi) is 5.81. The first-order chi connectivity index (χ1) is 5.26. The Morgan fingerprint density at radius 2 is 2.18 bits per heavy atom. The summed E-state index contributed by atoms with van der Waals surface area (Å²) >= 11 is 0. The molecule has 0 amide bonds. The lowest BCUT2D eigenvalue weighted by Gasteiger charge is -2.22. The van der Waals surface area contributed by atoms with Crippen LogP contribution in [0.1, 0.15) is 20.3 Å². The molecule has 0 heterocycles. The van der Waals surface area contributed by atoms with E-state index in [1.54, 1.807) is 0 Å². The van der Waals surface area contributed by atoms with E-state index in [1.165, 1.54) is 0 Å². The normalized spacial score (nSPS) is 13.0. The maximum absolute atomic E-state index is 8.66. The first-order valence-electron chi connectivity index (χ1n) is 4.00. The molecule has 0 saturated carbocycles. The van der Waals surface area contributed by atoms with Crippen LogP contribution < -0.4 is 0 Å². The van der Waals surface area contributed by atoms with Gasteiger partial charge in [-0.2, -0.15) is 5.26 Å². The summed E-state index contributed by atoms with van der Waals surface area (Å²) in [5.41, 5.74) is 0. The lowest BCUT2D eigenvalue weighted by molar-refractivity contribution is 0.180. The average molecular weight is 156 g/mol. The minimum absolute atomic E-state index is 0.0814. The van der Waals surface area contributed by atoms with E-state index in [4.69, 9.17) is 10.4 Å². The number of aliphatic hydroxyl groups excluding tert-OH is 1. The first-order valence-corrected chi connectivity index (χ1v) is 4.00. The largest absolute Gasteiger partial charge is 0.395 e. The highest BCUT2D eigenvalue weighted by molar-refractivity contribution is 4.87. The van der Waals surface area contributed by atoms with Crippen LogP contribution in [0.3, 0.4) is 0 Å². The number of hydrogen-bond acceptors (Lipinski definition) is 3. The maximum Gasteiger partial charge on any atom is 0.0950 e. The molecule has 1 unspecified atom stereocenters. The second kappa shape index (κ2) is 6.14. The fourth-order valence-corrected chi connectivity index (χ4v) is 0.996. The van der Waals surface area contributed by atoms with Gasteiger partial charge in [-0.1, -0.05) is 6.92 Å². The summed E-state index contributed by atoms with van der Waals surface area (Å²) in [4.78, 5) is 1.97. The summed E-state index contributed by atoms with van der Waals surface area (Å²) in [5, 5.41) is 17.2. The van der Waals surface area contributed by atoms with Crippen molar-refractivity contribution in [2.75, 3.05) is 19.7 Å². The number of rotatable bonds is 5. The number of hydrogen-bond donors (Lipinski definition) is 1. The molecule has 0 aromatic heterocycles. The van der Waals surface area contributed by atoms with E-state index in [9.17, 15) is 0 Å². The van der Waals surface area contributed by atoms with E-state index >= 15 is 0 Å². The van der Waals surface area contributed by atoms with Gasteiger partial charge in [-0.3, -0.25) is 4.90 Å². The molecular formula is C8H16N2O. The highest BCUT2D eigenvalue weighted by Gasteiger charge is 2.09. The van der Waals surface area contributed by atoms with Crippen LogP contribution in [0.15, 0.2) is 0 Å². The Labute approximate surface area is 68.2 Å². The van der Waals surface area contributed by atoms with Crippen molar-refractivity contribution in [2.45, 2.75) is 26.3 Å². The van der Waals surface area contributed by atoms with Crippen molar-refractivity contribution in [3.63, 3.8) is 0 Å². The minimum Gasteiger partial charge on any atom is -0.395 e. The van der Waals surface area contributed by atoms with E-state index in [-0.39, 0.29) is 12.6 Å². The lowest BCUT2D eigenvalue weighted by atomic mass is 10.3. The van der Waals surface area contributed by atoms with Crippen molar-refractivity contribution in [1.29, 1.82) is 5.26 Å². The van der Waals surface area contributed by atoms with Gasteiger partial charge in [0.15, 0.2) is 0 Å². The molecule has 1 atom stereocenters. The number of nitrogens with zero attached hydrogens (tertiary/aromatic N) is 2. The molecule has 0 aromatic carbocycles. The second-order valence-electron chi connectivity index (χ2n) is 2.56. The van der Waals surface area contributed by atoms with Crippen LogP contribution in [0.4, 0.5) is 0 Å². The third-order valence-corrected chi connectivity index (χ3v) is 1.63. The minimum atomic E-state index is -0.0814. The zero-order valence-corrected chi connectivity index (χ0v) is 7.25. The van der Waals surface area contributed by atoms with E-state index in [0.29, 0.717) is 6.54 Å². The molecule has 3 nitrogen and oxygen atoms in total. The standard InChI is InChI=1S/C8H16N2O/c1-3-4-10(5-6-11)8(2)7-9/h8,11H,3-6H2,1-2H3. The third kappa shape index (κ3) is 3.97. The molecule has 0 spiro atoms. The van der Waals surface area contributed by atoms with Crippen LogP contribution >= 0.6 is 0 Å². The van der Waals surface area contributed by atoms with Crippen molar-refractivity contribution in [3.05, 3.63) is 0 Å². The summed E-state index contributed by atoms with van der Waals surface area (Å²) in [6.45, 7) is 5.53. The predicted octanol–water partition coefficient (Wildman–Crippen LogP) is 0.603. The quantitative estimate of drug-likeness (QED) is 0.634. The van der Waals surface area contributed by atoms with Gasteiger partial charge in [0.2, 0.25) is 0 Å². The number of aliphatic hydroxyl groups is 1. The summed E-state index contributed by atoms with van der Waals surface area (Å²) in [6.07, 6.45) is 1.02. The van der Waals surface area contributed by atoms with E-state index in [0.717, 1.165) is 13.0 Å². The Balaban J connectivity index is 3.78. The molecule has 0 fully saturated rings. The van der Waals surface area contributed by atoms with Crippen LogP contribution in [-0.2, 0) is 0 Å². The van der Waals surface area contributed by atoms with Gasteiger partial charge in [0.1, 0.15) is 0 Å². The van der Waals surface area contributed by atoms with Crippen LogP contribution in [-0.4, -0.2) is 35.7 Å². The van der Waals surface area contributed by atoms with Gasteiger partial charge in [-0.25, -0.2) is 0 Å². The van der Waals surface area contributed by atoms with Crippen molar-refractivity contribution in [3.8, 4) is 6.07 Å². The fraction of sp³-hybridized carbons (Fsp3) is 0.875. The van der Waals surface area contributed by atoms with Crippen LogP contribution in [0, 0.1) is 11.3 Å². The summed E-state index contributed by atoms with van der Waals surface area (Å²) in [7, 11) is 0. The van der Waals surface area contributed by atoms with E-state index in [1.807, 2.05) is 11.8 Å². The molecule has 0 aliphatic carbocycles. The van der Waals surface area contributed by atoms with E-state index in [2.05, 4.69) is 13.0 Å². The zero-order chi connectivity index (χ0) is 8.69. The molecule has 0 saturated heterocycles. The highest BCUT2D eigenvalue weighted by atomic mass is 16.3. The van der Waals surface area contributed by atoms with Gasteiger partial charge in [0.25, 0.3) is 0 Å². The van der Waals surface area contributed by atoms with Gasteiger partial charge < -0.3 is 5.11 Å². The van der Waals surface area contributed by atoms with Crippen molar-refractivity contribution >= 4 is 0 Å². The molecule has 0 aromatic rings. The Morgan fingerprint density at radius 1 is 1.55 bits per heavy atom. The zero-order valence-electron chi connectivity index (χ0n) is 7.25. The van der Waals surface area contributed by atoms with Crippen molar-refractivity contribution < 1.29 is 5.11 Å². The van der Waals surface area contributed by atoms with Crippen molar-refractivity contribution in [2.24, 2.45) is 0 Å². The molecular weight excluding hydrogens is 140 g/mol. The maximum atomic E-state index is 8.66. The summed E-state index contributed by atoms with van der Waals surface area (Å²) in [6, 6.07) is 2.07. The second-order valence-corrected chi connectivity index (χ2v) is 2.56. The molecule has 64 valence electrons. The smallest absolute Gasteiger partial charge is 0.0950 e. The lowest BCUT2D eigenvalue weighted by Crippen LogP contribution is -2.35. The Morgan fingerprint density at radius 3 is 2.55 bits per heavy atom. The van der Waals surface area contributed by atoms with Gasteiger partial charge >= 0.3 is 0 Å². The highest BCUT2D eigenvalue weighted by Crippen LogP contribution is 1.97. The molecule has 0 radical (unpaired) electrons. The summed E-state index contributed by atoms with van der Waals surface area (Å²) in [5.74, 6) is 0. The topological polar surface area (TPSA) is 47.3 Å². The fourth-order valence-electron chi connectivity index (χ4n) is 0.996.